The van der Waals surface area contributed by atoms with Crippen molar-refractivity contribution in [2.45, 2.75) is 13.8 Å². The van der Waals surface area contributed by atoms with Gasteiger partial charge in [0.15, 0.2) is 0 Å². The van der Waals surface area contributed by atoms with Gasteiger partial charge in [-0.15, -0.1) is 0 Å². The van der Waals surface area contributed by atoms with Crippen LogP contribution in [0.2, 0.25) is 0 Å². The number of carboxylic acid groups (broad SMARTS) is 1. The third-order valence-corrected chi connectivity index (χ3v) is 4.52. The molecular weight excluding hydrogens is 366 g/mol. The fraction of sp³-hybridized carbons (Fsp3) is 0.0870. The number of aryl methyl sites for hydroxylation is 1. The van der Waals surface area contributed by atoms with E-state index >= 15 is 0 Å². The van der Waals surface area contributed by atoms with Crippen LogP contribution in [0.3, 0.4) is 0 Å². The number of carbonyl (C=O) groups is 2. The number of nitriles is 1. The van der Waals surface area contributed by atoms with Gasteiger partial charge in [0.1, 0.15) is 11.6 Å². The Hall–Kier alpha value is -4.11. The van der Waals surface area contributed by atoms with Crippen molar-refractivity contribution >= 4 is 23.6 Å². The van der Waals surface area contributed by atoms with Gasteiger partial charge >= 0.3 is 5.97 Å². The second kappa shape index (κ2) is 8.28. The Kier molecular flexibility index (Phi) is 5.61. The minimum Gasteiger partial charge on any atom is -0.478 e. The Labute approximate surface area is 168 Å². The van der Waals surface area contributed by atoms with Crippen LogP contribution >= 0.6 is 0 Å². The van der Waals surface area contributed by atoms with Gasteiger partial charge in [0.2, 0.25) is 0 Å². The van der Waals surface area contributed by atoms with Crippen LogP contribution in [0.1, 0.15) is 27.3 Å². The van der Waals surface area contributed by atoms with Crippen LogP contribution in [0.5, 0.6) is 0 Å². The van der Waals surface area contributed by atoms with Gasteiger partial charge in [-0.05, 0) is 61.9 Å². The molecule has 0 aliphatic carbocycles. The molecule has 6 nitrogen and oxygen atoms in total. The molecule has 2 N–H and O–H groups in total. The number of anilines is 1. The summed E-state index contributed by atoms with van der Waals surface area (Å²) in [4.78, 5) is 23.6. The van der Waals surface area contributed by atoms with Crippen molar-refractivity contribution in [2.24, 2.45) is 0 Å². The molecule has 3 aromatic rings. The third-order valence-electron chi connectivity index (χ3n) is 4.52. The molecule has 2 aromatic carbocycles. The van der Waals surface area contributed by atoms with E-state index in [0.717, 1.165) is 22.6 Å². The molecule has 1 aromatic heterocycles. The highest BCUT2D eigenvalue weighted by atomic mass is 16.4. The molecule has 0 saturated heterocycles. The standard InChI is InChI=1S/C23H19N3O3/c1-15-11-18(16(2)26(15)21-9-4-3-5-10-21)12-19(14-24)22(27)25-20-8-6-7-17(13-20)23(28)29/h3-13H,1-2H3,(H,25,27)(H,28,29)/b19-12+. The molecule has 0 unspecified atom stereocenters. The number of benzene rings is 2. The average molecular weight is 385 g/mol. The normalized spacial score (nSPS) is 11.0. The van der Waals surface area contributed by atoms with E-state index in [1.807, 2.05) is 56.3 Å². The molecule has 0 radical (unpaired) electrons. The molecular formula is C23H19N3O3. The smallest absolute Gasteiger partial charge is 0.335 e. The summed E-state index contributed by atoms with van der Waals surface area (Å²) in [6.07, 6.45) is 1.54. The van der Waals surface area contributed by atoms with E-state index in [1.165, 1.54) is 24.3 Å². The maximum absolute atomic E-state index is 12.5. The van der Waals surface area contributed by atoms with E-state index in [4.69, 9.17) is 5.11 Å². The maximum atomic E-state index is 12.5. The number of hydrogen-bond donors (Lipinski definition) is 2. The van der Waals surface area contributed by atoms with Crippen molar-refractivity contribution < 1.29 is 14.7 Å². The van der Waals surface area contributed by atoms with E-state index in [1.54, 1.807) is 6.07 Å². The predicted molar refractivity (Wildman–Crippen MR) is 111 cm³/mol. The van der Waals surface area contributed by atoms with E-state index in [0.29, 0.717) is 5.69 Å². The van der Waals surface area contributed by atoms with Crippen molar-refractivity contribution in [3.8, 4) is 11.8 Å². The topological polar surface area (TPSA) is 95.1 Å². The van der Waals surface area contributed by atoms with Gasteiger partial charge in [-0.2, -0.15) is 5.26 Å². The zero-order chi connectivity index (χ0) is 21.0. The number of nitrogens with zero attached hydrogens (tertiary/aromatic N) is 2. The summed E-state index contributed by atoms with van der Waals surface area (Å²) < 4.78 is 2.05. The van der Waals surface area contributed by atoms with Gasteiger partial charge in [0.05, 0.1) is 5.56 Å². The largest absolute Gasteiger partial charge is 0.478 e. The van der Waals surface area contributed by atoms with Crippen LogP contribution in [0.25, 0.3) is 11.8 Å². The highest BCUT2D eigenvalue weighted by molar-refractivity contribution is 6.10. The number of rotatable bonds is 5. The second-order valence-electron chi connectivity index (χ2n) is 6.51. The lowest BCUT2D eigenvalue weighted by Crippen LogP contribution is -2.14. The van der Waals surface area contributed by atoms with Gasteiger partial charge < -0.3 is 15.0 Å². The fourth-order valence-corrected chi connectivity index (χ4v) is 3.14. The monoisotopic (exact) mass is 385 g/mol. The SMILES string of the molecule is Cc1cc(/C=C(\C#N)C(=O)Nc2cccc(C(=O)O)c2)c(C)n1-c1ccccc1. The lowest BCUT2D eigenvalue weighted by molar-refractivity contribution is -0.112. The van der Waals surface area contributed by atoms with Crippen LogP contribution in [-0.4, -0.2) is 21.6 Å². The molecule has 144 valence electrons. The first-order chi connectivity index (χ1) is 13.9. The molecule has 0 atom stereocenters. The molecule has 0 fully saturated rings. The molecule has 0 aliphatic heterocycles. The summed E-state index contributed by atoms with van der Waals surface area (Å²) in [5.41, 5.74) is 3.93. The highest BCUT2D eigenvalue weighted by Gasteiger charge is 2.14. The summed E-state index contributed by atoms with van der Waals surface area (Å²) in [6.45, 7) is 3.88. The first-order valence-corrected chi connectivity index (χ1v) is 8.91. The quantitative estimate of drug-likeness (QED) is 0.504. The first kappa shape index (κ1) is 19.6. The van der Waals surface area contributed by atoms with E-state index < -0.39 is 11.9 Å². The third kappa shape index (κ3) is 4.25. The van der Waals surface area contributed by atoms with E-state index in [-0.39, 0.29) is 11.1 Å². The number of aromatic carboxylic acids is 1. The number of amides is 1. The summed E-state index contributed by atoms with van der Waals surface area (Å²) in [5, 5.41) is 21.1. The number of carbonyl (C=O) groups excluding carboxylic acids is 1. The Morgan fingerprint density at radius 2 is 1.79 bits per heavy atom. The molecule has 0 saturated carbocycles. The van der Waals surface area contributed by atoms with Crippen LogP contribution in [0.4, 0.5) is 5.69 Å². The van der Waals surface area contributed by atoms with Crippen molar-refractivity contribution in [2.75, 3.05) is 5.32 Å². The second-order valence-corrected chi connectivity index (χ2v) is 6.51. The zero-order valence-corrected chi connectivity index (χ0v) is 16.0. The van der Waals surface area contributed by atoms with Crippen molar-refractivity contribution in [3.05, 3.63) is 88.8 Å². The van der Waals surface area contributed by atoms with Crippen LogP contribution in [-0.2, 0) is 4.79 Å². The fourth-order valence-electron chi connectivity index (χ4n) is 3.14. The van der Waals surface area contributed by atoms with Crippen molar-refractivity contribution in [3.63, 3.8) is 0 Å². The van der Waals surface area contributed by atoms with Gasteiger partial charge in [0.25, 0.3) is 5.91 Å². The summed E-state index contributed by atoms with van der Waals surface area (Å²) in [7, 11) is 0. The number of para-hydroxylation sites is 1. The van der Waals surface area contributed by atoms with Crippen molar-refractivity contribution in [1.29, 1.82) is 5.26 Å². The first-order valence-electron chi connectivity index (χ1n) is 8.91. The van der Waals surface area contributed by atoms with E-state index in [9.17, 15) is 14.9 Å². The van der Waals surface area contributed by atoms with Gasteiger partial charge in [-0.3, -0.25) is 4.79 Å². The number of aromatic nitrogens is 1. The van der Waals surface area contributed by atoms with Crippen LogP contribution < -0.4 is 5.32 Å². The summed E-state index contributed by atoms with van der Waals surface area (Å²) in [6, 6.07) is 19.5. The highest BCUT2D eigenvalue weighted by Crippen LogP contribution is 2.23. The Bertz CT molecular complexity index is 1150. The summed E-state index contributed by atoms with van der Waals surface area (Å²) >= 11 is 0. The Morgan fingerprint density at radius 3 is 2.45 bits per heavy atom. The van der Waals surface area contributed by atoms with Gasteiger partial charge in [-0.1, -0.05) is 24.3 Å². The summed E-state index contributed by atoms with van der Waals surface area (Å²) in [5.74, 6) is -1.69. The molecule has 0 spiro atoms. The molecule has 29 heavy (non-hydrogen) atoms. The Balaban J connectivity index is 1.91. The molecule has 1 amide bonds. The molecule has 0 bridgehead atoms. The molecule has 3 rings (SSSR count). The Morgan fingerprint density at radius 1 is 1.07 bits per heavy atom. The minimum absolute atomic E-state index is 0.0525. The number of hydrogen-bond acceptors (Lipinski definition) is 3. The lowest BCUT2D eigenvalue weighted by atomic mass is 10.1. The van der Waals surface area contributed by atoms with E-state index in [2.05, 4.69) is 9.88 Å². The lowest BCUT2D eigenvalue weighted by Gasteiger charge is -2.09. The zero-order valence-electron chi connectivity index (χ0n) is 16.0. The van der Waals surface area contributed by atoms with Gasteiger partial charge in [-0.25, -0.2) is 4.79 Å². The molecule has 6 heteroatoms. The predicted octanol–water partition coefficient (Wildman–Crippen LogP) is 4.34. The number of nitrogens with one attached hydrogen (secondary N) is 1. The minimum atomic E-state index is -1.09. The van der Waals surface area contributed by atoms with Crippen molar-refractivity contribution in [1.82, 2.24) is 4.57 Å². The van der Waals surface area contributed by atoms with Crippen LogP contribution in [0, 0.1) is 25.2 Å². The molecule has 1 heterocycles. The maximum Gasteiger partial charge on any atom is 0.335 e. The molecule has 0 aliphatic rings. The average Bonchev–Trinajstić information content (AvgIpc) is 2.99. The van der Waals surface area contributed by atoms with Crippen LogP contribution in [0.15, 0.2) is 66.2 Å². The number of carboxylic acids is 1. The van der Waals surface area contributed by atoms with Gasteiger partial charge in [0, 0.05) is 22.8 Å².